The van der Waals surface area contributed by atoms with E-state index < -0.39 is 0 Å². The molecule has 0 aliphatic carbocycles. The molecule has 0 saturated carbocycles. The van der Waals surface area contributed by atoms with Crippen LogP contribution in [0.4, 0.5) is 0 Å². The molecule has 5 heteroatoms. The van der Waals surface area contributed by atoms with Crippen LogP contribution in [-0.2, 0) is 4.74 Å². The van der Waals surface area contributed by atoms with Crippen molar-refractivity contribution in [2.45, 2.75) is 33.6 Å². The average molecular weight is 332 g/mol. The van der Waals surface area contributed by atoms with Crippen LogP contribution in [-0.4, -0.2) is 44.7 Å². The third-order valence-corrected chi connectivity index (χ3v) is 4.12. The number of aryl methyl sites for hydroxylation is 1. The quantitative estimate of drug-likeness (QED) is 0.612. The monoisotopic (exact) mass is 332 g/mol. The second kappa shape index (κ2) is 9.42. The maximum atomic E-state index is 12.4. The summed E-state index contributed by atoms with van der Waals surface area (Å²) in [4.78, 5) is 18.4. The molecular weight excluding hydrogens is 302 g/mol. The molecule has 24 heavy (non-hydrogen) atoms. The lowest BCUT2D eigenvalue weighted by Gasteiger charge is -2.14. The molecule has 1 heterocycles. The summed E-state index contributed by atoms with van der Waals surface area (Å²) in [7, 11) is 0. The third kappa shape index (κ3) is 6.32. The Morgan fingerprint density at radius 2 is 1.92 bits per heavy atom. The van der Waals surface area contributed by atoms with Gasteiger partial charge in [0.2, 0.25) is 0 Å². The number of amides is 1. The molecule has 5 nitrogen and oxygen atoms in total. The van der Waals surface area contributed by atoms with Gasteiger partial charge in [-0.2, -0.15) is 0 Å². The van der Waals surface area contributed by atoms with E-state index in [1.807, 2.05) is 31.2 Å². The van der Waals surface area contributed by atoms with Crippen molar-refractivity contribution in [2.75, 3.05) is 32.8 Å². The molecule has 132 valence electrons. The van der Waals surface area contributed by atoms with E-state index in [-0.39, 0.29) is 5.91 Å². The minimum atomic E-state index is -0.175. The highest BCUT2D eigenvalue weighted by Crippen LogP contribution is 2.03. The number of likely N-dealkylation sites (tertiary alicyclic amines) is 1. The molecule has 0 unspecified atom stereocenters. The van der Waals surface area contributed by atoms with Crippen molar-refractivity contribution in [3.05, 3.63) is 35.4 Å². The lowest BCUT2D eigenvalue weighted by molar-refractivity contribution is -0.885. The fraction of sp³-hybridized carbons (Fsp3) is 0.579. The summed E-state index contributed by atoms with van der Waals surface area (Å²) < 4.78 is 5.69. The van der Waals surface area contributed by atoms with Crippen molar-refractivity contribution in [3.8, 4) is 0 Å². The van der Waals surface area contributed by atoms with Crippen LogP contribution in [0.25, 0.3) is 0 Å². The van der Waals surface area contributed by atoms with Crippen LogP contribution >= 0.6 is 0 Å². The standard InChI is InChI=1S/C19H29N3O2/c1-15(2)14-24-19(20-10-13-22-11-4-5-12-22)21-18(23)17-8-6-16(3)7-9-17/h6-9,15H,4-5,10-14H2,1-3H3,(H,20,21,23)/p+1. The van der Waals surface area contributed by atoms with Gasteiger partial charge in [-0.25, -0.2) is 4.99 Å². The maximum absolute atomic E-state index is 12.4. The van der Waals surface area contributed by atoms with Gasteiger partial charge in [0, 0.05) is 18.4 Å². The first-order valence-electron chi connectivity index (χ1n) is 8.93. The largest absolute Gasteiger partial charge is 0.465 e. The average Bonchev–Trinajstić information content (AvgIpc) is 3.06. The molecule has 0 spiro atoms. The first-order chi connectivity index (χ1) is 11.5. The molecular formula is C19H30N3O2+. The third-order valence-electron chi connectivity index (χ3n) is 4.12. The molecule has 2 rings (SSSR count). The van der Waals surface area contributed by atoms with Crippen LogP contribution in [0.1, 0.15) is 42.6 Å². The first-order valence-corrected chi connectivity index (χ1v) is 8.93. The van der Waals surface area contributed by atoms with Crippen LogP contribution < -0.4 is 10.2 Å². The number of hydrogen-bond donors (Lipinski definition) is 2. The number of rotatable bonds is 6. The van der Waals surface area contributed by atoms with E-state index in [4.69, 9.17) is 4.74 Å². The number of nitrogens with one attached hydrogen (secondary N) is 2. The number of carbonyl (C=O) groups excluding carboxylic acids is 1. The zero-order valence-electron chi connectivity index (χ0n) is 15.1. The normalized spacial score (nSPS) is 15.8. The molecule has 0 bridgehead atoms. The Bertz CT molecular complexity index is 546. The van der Waals surface area contributed by atoms with Crippen LogP contribution in [0.15, 0.2) is 29.3 Å². The van der Waals surface area contributed by atoms with Gasteiger partial charge in [0.1, 0.15) is 0 Å². The number of carbonyl (C=O) groups is 1. The number of amidine groups is 1. The summed E-state index contributed by atoms with van der Waals surface area (Å²) in [6.45, 7) is 10.8. The fourth-order valence-corrected chi connectivity index (χ4v) is 2.68. The van der Waals surface area contributed by atoms with Gasteiger partial charge in [-0.05, 0) is 25.0 Å². The van der Waals surface area contributed by atoms with Crippen molar-refractivity contribution in [2.24, 2.45) is 10.9 Å². The van der Waals surface area contributed by atoms with Gasteiger partial charge < -0.3 is 9.64 Å². The van der Waals surface area contributed by atoms with Gasteiger partial charge in [-0.1, -0.05) is 31.5 Å². The predicted molar refractivity (Wildman–Crippen MR) is 96.5 cm³/mol. The number of nitrogens with zero attached hydrogens (tertiary/aromatic N) is 1. The molecule has 2 N–H and O–H groups in total. The topological polar surface area (TPSA) is 55.1 Å². The minimum absolute atomic E-state index is 0.175. The minimum Gasteiger partial charge on any atom is -0.465 e. The number of ether oxygens (including phenoxy) is 1. The molecule has 1 fully saturated rings. The number of hydrogen-bond acceptors (Lipinski definition) is 3. The molecule has 1 aliphatic rings. The van der Waals surface area contributed by atoms with Crippen molar-refractivity contribution < 1.29 is 14.4 Å². The summed E-state index contributed by atoms with van der Waals surface area (Å²) in [6.07, 6.45) is 2.61. The van der Waals surface area contributed by atoms with Crippen molar-refractivity contribution in [1.29, 1.82) is 0 Å². The van der Waals surface area contributed by atoms with Crippen molar-refractivity contribution in [1.82, 2.24) is 5.32 Å². The lowest BCUT2D eigenvalue weighted by atomic mass is 10.1. The highest BCUT2D eigenvalue weighted by Gasteiger charge is 2.15. The summed E-state index contributed by atoms with van der Waals surface area (Å²) in [5.41, 5.74) is 1.75. The molecule has 0 atom stereocenters. The highest BCUT2D eigenvalue weighted by atomic mass is 16.5. The number of benzene rings is 1. The van der Waals surface area contributed by atoms with E-state index in [9.17, 15) is 4.79 Å². The smallest absolute Gasteiger partial charge is 0.291 e. The number of quaternary nitrogens is 1. The zero-order chi connectivity index (χ0) is 17.4. The van der Waals surface area contributed by atoms with Gasteiger partial charge in [-0.3, -0.25) is 10.1 Å². The van der Waals surface area contributed by atoms with E-state index in [0.717, 1.165) is 12.1 Å². The van der Waals surface area contributed by atoms with E-state index in [1.165, 1.54) is 25.9 Å². The molecule has 0 radical (unpaired) electrons. The first kappa shape index (κ1) is 18.5. The lowest BCUT2D eigenvalue weighted by Crippen LogP contribution is -3.10. The Labute approximate surface area is 145 Å². The molecule has 1 amide bonds. The van der Waals surface area contributed by atoms with Crippen LogP contribution in [0, 0.1) is 12.8 Å². The van der Waals surface area contributed by atoms with Crippen LogP contribution in [0.3, 0.4) is 0 Å². The van der Waals surface area contributed by atoms with E-state index in [2.05, 4.69) is 24.2 Å². The van der Waals surface area contributed by atoms with Crippen molar-refractivity contribution >= 4 is 11.9 Å². The molecule has 1 aliphatic heterocycles. The van der Waals surface area contributed by atoms with E-state index >= 15 is 0 Å². The Hall–Kier alpha value is -1.88. The fourth-order valence-electron chi connectivity index (χ4n) is 2.68. The summed E-state index contributed by atoms with van der Waals surface area (Å²) >= 11 is 0. The SMILES string of the molecule is Cc1ccc(C(=O)NC(=NCC[NH+]2CCCC2)OCC(C)C)cc1. The van der Waals surface area contributed by atoms with E-state index in [0.29, 0.717) is 30.7 Å². The number of aliphatic imine (C=N–C) groups is 1. The van der Waals surface area contributed by atoms with Gasteiger partial charge in [-0.15, -0.1) is 0 Å². The van der Waals surface area contributed by atoms with Crippen LogP contribution in [0.2, 0.25) is 0 Å². The molecule has 1 aromatic rings. The second-order valence-electron chi connectivity index (χ2n) is 6.92. The Morgan fingerprint density at radius 1 is 1.25 bits per heavy atom. The summed E-state index contributed by atoms with van der Waals surface area (Å²) in [6, 6.07) is 7.83. The van der Waals surface area contributed by atoms with Crippen molar-refractivity contribution in [3.63, 3.8) is 0 Å². The van der Waals surface area contributed by atoms with E-state index in [1.54, 1.807) is 4.90 Å². The van der Waals surface area contributed by atoms with Gasteiger partial charge in [0.25, 0.3) is 11.9 Å². The van der Waals surface area contributed by atoms with Gasteiger partial charge in [0.15, 0.2) is 0 Å². The Balaban J connectivity index is 1.93. The second-order valence-corrected chi connectivity index (χ2v) is 6.92. The van der Waals surface area contributed by atoms with Gasteiger partial charge in [0.05, 0.1) is 32.8 Å². The highest BCUT2D eigenvalue weighted by molar-refractivity contribution is 6.04. The zero-order valence-corrected chi connectivity index (χ0v) is 15.1. The summed E-state index contributed by atoms with van der Waals surface area (Å²) in [5.74, 6) is 0.210. The molecule has 1 aromatic carbocycles. The predicted octanol–water partition coefficient (Wildman–Crippen LogP) is 1.43. The molecule has 0 aromatic heterocycles. The maximum Gasteiger partial charge on any atom is 0.291 e. The summed E-state index contributed by atoms with van der Waals surface area (Å²) in [5, 5.41) is 2.81. The Morgan fingerprint density at radius 3 is 2.54 bits per heavy atom. The molecule has 1 saturated heterocycles. The Kier molecular flexibility index (Phi) is 7.25. The van der Waals surface area contributed by atoms with Gasteiger partial charge >= 0.3 is 0 Å². The van der Waals surface area contributed by atoms with Crippen LogP contribution in [0.5, 0.6) is 0 Å².